The summed E-state index contributed by atoms with van der Waals surface area (Å²) < 4.78 is 5.69. The van der Waals surface area contributed by atoms with Crippen LogP contribution in [0.3, 0.4) is 0 Å². The van der Waals surface area contributed by atoms with E-state index in [9.17, 15) is 0 Å². The predicted octanol–water partition coefficient (Wildman–Crippen LogP) is 4.40. The van der Waals surface area contributed by atoms with Crippen molar-refractivity contribution in [3.05, 3.63) is 35.6 Å². The molecule has 5 nitrogen and oxygen atoms in total. The van der Waals surface area contributed by atoms with E-state index in [0.29, 0.717) is 17.0 Å². The van der Waals surface area contributed by atoms with Gasteiger partial charge >= 0.3 is 0 Å². The summed E-state index contributed by atoms with van der Waals surface area (Å²) in [4.78, 5) is 10.0. The van der Waals surface area contributed by atoms with Crippen LogP contribution in [-0.4, -0.2) is 20.2 Å². The number of nitrogens with zero attached hydrogens (tertiary/aromatic N) is 4. The van der Waals surface area contributed by atoms with E-state index in [1.807, 2.05) is 29.8 Å². The van der Waals surface area contributed by atoms with Crippen molar-refractivity contribution in [2.75, 3.05) is 0 Å². The fraction of sp³-hybridized carbons (Fsp3) is 0.333. The average Bonchev–Trinajstić information content (AvgIpc) is 3.29. The van der Waals surface area contributed by atoms with E-state index in [-0.39, 0.29) is 0 Å². The van der Waals surface area contributed by atoms with Gasteiger partial charge in [-0.05, 0) is 42.1 Å². The molecule has 112 valence electrons. The van der Waals surface area contributed by atoms with E-state index in [0.717, 1.165) is 15.7 Å². The second kappa shape index (κ2) is 6.18. The molecule has 22 heavy (non-hydrogen) atoms. The zero-order valence-corrected chi connectivity index (χ0v) is 13.4. The molecule has 3 heterocycles. The Kier molecular flexibility index (Phi) is 3.90. The van der Waals surface area contributed by atoms with Crippen LogP contribution in [0, 0.1) is 0 Å². The molecule has 0 aliphatic heterocycles. The van der Waals surface area contributed by atoms with Crippen molar-refractivity contribution < 1.29 is 4.42 Å². The van der Waals surface area contributed by atoms with Crippen LogP contribution in [0.25, 0.3) is 10.8 Å². The largest absolute Gasteiger partial charge is 0.410 e. The first-order chi connectivity index (χ1) is 10.9. The van der Waals surface area contributed by atoms with Gasteiger partial charge in [0, 0.05) is 12.1 Å². The van der Waals surface area contributed by atoms with E-state index in [2.05, 4.69) is 20.2 Å². The molecule has 1 aliphatic carbocycles. The van der Waals surface area contributed by atoms with Gasteiger partial charge in [0.25, 0.3) is 11.1 Å². The zero-order chi connectivity index (χ0) is 14.8. The monoisotopic (exact) mass is 330 g/mol. The third kappa shape index (κ3) is 2.91. The Labute approximate surface area is 136 Å². The van der Waals surface area contributed by atoms with Gasteiger partial charge in [-0.1, -0.05) is 18.9 Å². The van der Waals surface area contributed by atoms with E-state index in [1.165, 1.54) is 37.4 Å². The van der Waals surface area contributed by atoms with Gasteiger partial charge in [-0.15, -0.1) is 21.5 Å². The molecule has 0 amide bonds. The van der Waals surface area contributed by atoms with Crippen LogP contribution < -0.4 is 0 Å². The lowest BCUT2D eigenvalue weighted by Gasteiger charge is -2.07. The Morgan fingerprint density at radius 2 is 2.09 bits per heavy atom. The minimum absolute atomic E-state index is 0.505. The van der Waals surface area contributed by atoms with Gasteiger partial charge in [-0.2, -0.15) is 0 Å². The summed E-state index contributed by atoms with van der Waals surface area (Å²) in [5.74, 6) is 2.01. The molecule has 1 fully saturated rings. The number of thiophene rings is 1. The van der Waals surface area contributed by atoms with Gasteiger partial charge in [0.15, 0.2) is 0 Å². The highest BCUT2D eigenvalue weighted by Gasteiger charge is 2.20. The summed E-state index contributed by atoms with van der Waals surface area (Å²) >= 11 is 2.98. The molecule has 0 atom stereocenters. The molecule has 0 radical (unpaired) electrons. The number of hydrogen-bond donors (Lipinski definition) is 0. The summed E-state index contributed by atoms with van der Waals surface area (Å²) in [6.07, 6.45) is 6.76. The molecular formula is C15H14N4OS2. The minimum Gasteiger partial charge on any atom is -0.410 e. The lowest BCUT2D eigenvalue weighted by Crippen LogP contribution is -2.00. The van der Waals surface area contributed by atoms with Crippen molar-refractivity contribution in [3.8, 4) is 10.8 Å². The van der Waals surface area contributed by atoms with Gasteiger partial charge in [0.05, 0.1) is 4.88 Å². The predicted molar refractivity (Wildman–Crippen MR) is 85.0 cm³/mol. The fourth-order valence-electron chi connectivity index (χ4n) is 2.63. The van der Waals surface area contributed by atoms with Gasteiger partial charge in [-0.3, -0.25) is 0 Å². The second-order valence-corrected chi connectivity index (χ2v) is 7.11. The van der Waals surface area contributed by atoms with Crippen LogP contribution in [0.15, 0.2) is 44.4 Å². The van der Waals surface area contributed by atoms with Crippen LogP contribution in [-0.2, 0) is 0 Å². The van der Waals surface area contributed by atoms with Crippen LogP contribution in [0.5, 0.6) is 0 Å². The van der Waals surface area contributed by atoms with Crippen molar-refractivity contribution >= 4 is 23.1 Å². The highest BCUT2D eigenvalue weighted by molar-refractivity contribution is 7.99. The Hall–Kier alpha value is -1.73. The average molecular weight is 330 g/mol. The van der Waals surface area contributed by atoms with Crippen LogP contribution in [0.4, 0.5) is 0 Å². The molecule has 0 N–H and O–H groups in total. The summed E-state index contributed by atoms with van der Waals surface area (Å²) in [5, 5.41) is 11.5. The molecule has 0 spiro atoms. The molecule has 3 aromatic heterocycles. The molecule has 7 heteroatoms. The smallest absolute Gasteiger partial charge is 0.283 e. The maximum Gasteiger partial charge on any atom is 0.283 e. The van der Waals surface area contributed by atoms with Crippen molar-refractivity contribution in [3.63, 3.8) is 0 Å². The highest BCUT2D eigenvalue weighted by atomic mass is 32.2. The fourth-order valence-corrected chi connectivity index (χ4v) is 3.93. The van der Waals surface area contributed by atoms with Crippen molar-refractivity contribution in [1.29, 1.82) is 0 Å². The van der Waals surface area contributed by atoms with E-state index in [1.54, 1.807) is 11.3 Å². The molecule has 0 saturated heterocycles. The first kappa shape index (κ1) is 13.9. The van der Waals surface area contributed by atoms with Gasteiger partial charge < -0.3 is 4.42 Å². The van der Waals surface area contributed by atoms with Gasteiger partial charge in [0.1, 0.15) is 10.9 Å². The second-order valence-electron chi connectivity index (χ2n) is 5.19. The van der Waals surface area contributed by atoms with Crippen LogP contribution in [0.1, 0.15) is 37.4 Å². The van der Waals surface area contributed by atoms with Crippen LogP contribution in [0.2, 0.25) is 0 Å². The highest BCUT2D eigenvalue weighted by Crippen LogP contribution is 2.34. The Morgan fingerprint density at radius 1 is 1.18 bits per heavy atom. The number of rotatable bonds is 4. The molecule has 3 aromatic rings. The number of hydrogen-bond acceptors (Lipinski definition) is 7. The lowest BCUT2D eigenvalue weighted by molar-refractivity contribution is 0.466. The molecular weight excluding hydrogens is 316 g/mol. The number of aromatic nitrogens is 4. The summed E-state index contributed by atoms with van der Waals surface area (Å²) in [7, 11) is 0. The van der Waals surface area contributed by atoms with E-state index < -0.39 is 0 Å². The molecule has 1 aliphatic rings. The summed E-state index contributed by atoms with van der Waals surface area (Å²) in [6, 6.07) is 5.82. The summed E-state index contributed by atoms with van der Waals surface area (Å²) in [6.45, 7) is 0. The maximum atomic E-state index is 5.69. The quantitative estimate of drug-likeness (QED) is 0.661. The van der Waals surface area contributed by atoms with Crippen molar-refractivity contribution in [2.45, 2.75) is 41.8 Å². The third-order valence-electron chi connectivity index (χ3n) is 3.70. The Morgan fingerprint density at radius 3 is 2.91 bits per heavy atom. The summed E-state index contributed by atoms with van der Waals surface area (Å²) in [5.41, 5.74) is 0. The van der Waals surface area contributed by atoms with E-state index in [4.69, 9.17) is 4.42 Å². The minimum atomic E-state index is 0.505. The van der Waals surface area contributed by atoms with E-state index >= 15 is 0 Å². The topological polar surface area (TPSA) is 64.7 Å². The first-order valence-electron chi connectivity index (χ1n) is 7.27. The molecule has 1 saturated carbocycles. The SMILES string of the molecule is c1csc(-c2nnc(Sc3ccnc(C4CCCC4)n3)o2)c1. The van der Waals surface area contributed by atoms with Crippen LogP contribution >= 0.6 is 23.1 Å². The maximum absolute atomic E-state index is 5.69. The first-order valence-corrected chi connectivity index (χ1v) is 8.96. The van der Waals surface area contributed by atoms with Gasteiger partial charge in [0.2, 0.25) is 0 Å². The Bertz CT molecular complexity index is 751. The molecule has 4 rings (SSSR count). The molecule has 0 bridgehead atoms. The normalized spacial score (nSPS) is 15.5. The molecule has 0 unspecified atom stereocenters. The third-order valence-corrected chi connectivity index (χ3v) is 5.33. The lowest BCUT2D eigenvalue weighted by atomic mass is 10.1. The van der Waals surface area contributed by atoms with Crippen molar-refractivity contribution in [1.82, 2.24) is 20.2 Å². The van der Waals surface area contributed by atoms with Gasteiger partial charge in [-0.25, -0.2) is 9.97 Å². The zero-order valence-electron chi connectivity index (χ0n) is 11.8. The Balaban J connectivity index is 1.52. The standard InChI is InChI=1S/C15H14N4OS2/c1-2-5-10(4-1)13-16-8-7-12(17-13)22-15-19-18-14(20-15)11-6-3-9-21-11/h3,6-10H,1-2,4-5H2. The van der Waals surface area contributed by atoms with Crippen molar-refractivity contribution in [2.24, 2.45) is 0 Å². The molecule has 0 aromatic carbocycles.